The number of nitrogens with zero attached hydrogens (tertiary/aromatic N) is 2. The summed E-state index contributed by atoms with van der Waals surface area (Å²) < 4.78 is 0. The summed E-state index contributed by atoms with van der Waals surface area (Å²) in [6.07, 6.45) is 4.68. The van der Waals surface area contributed by atoms with Crippen LogP contribution in [0.5, 0.6) is 0 Å². The second kappa shape index (κ2) is 5.52. The predicted molar refractivity (Wildman–Crippen MR) is 79.8 cm³/mol. The highest BCUT2D eigenvalue weighted by atomic mass is 35.5. The lowest BCUT2D eigenvalue weighted by molar-refractivity contribution is 0.609. The number of hydrogen-bond donors (Lipinski definition) is 1. The van der Waals surface area contributed by atoms with Gasteiger partial charge in [0.05, 0.1) is 5.56 Å². The van der Waals surface area contributed by atoms with Crippen LogP contribution in [0, 0.1) is 11.3 Å². The molecule has 1 aliphatic rings. The van der Waals surface area contributed by atoms with E-state index in [1.165, 1.54) is 11.1 Å². The van der Waals surface area contributed by atoms with Crippen LogP contribution in [0.25, 0.3) is 0 Å². The van der Waals surface area contributed by atoms with Crippen molar-refractivity contribution in [2.75, 3.05) is 5.32 Å². The van der Waals surface area contributed by atoms with Crippen LogP contribution in [0.3, 0.4) is 0 Å². The average Bonchev–Trinajstić information content (AvgIpc) is 2.49. The lowest BCUT2D eigenvalue weighted by Gasteiger charge is -2.26. The number of halogens is 1. The van der Waals surface area contributed by atoms with Gasteiger partial charge in [-0.25, -0.2) is 4.98 Å². The first-order valence-electron chi connectivity index (χ1n) is 6.66. The predicted octanol–water partition coefficient (Wildman–Crippen LogP) is 3.58. The van der Waals surface area contributed by atoms with Crippen LogP contribution < -0.4 is 5.32 Å². The van der Waals surface area contributed by atoms with E-state index in [0.717, 1.165) is 19.3 Å². The van der Waals surface area contributed by atoms with Crippen molar-refractivity contribution in [1.29, 1.82) is 5.26 Å². The van der Waals surface area contributed by atoms with Crippen molar-refractivity contribution in [2.24, 2.45) is 0 Å². The van der Waals surface area contributed by atoms with Gasteiger partial charge in [-0.2, -0.15) is 5.26 Å². The molecular weight excluding hydrogens is 270 g/mol. The van der Waals surface area contributed by atoms with E-state index in [-0.39, 0.29) is 0 Å². The largest absolute Gasteiger partial charge is 0.366 e. The van der Waals surface area contributed by atoms with Crippen LogP contribution in [0.1, 0.15) is 23.1 Å². The maximum atomic E-state index is 8.99. The van der Waals surface area contributed by atoms with E-state index in [1.807, 2.05) is 0 Å². The molecule has 3 rings (SSSR count). The molecule has 1 unspecified atom stereocenters. The van der Waals surface area contributed by atoms with Crippen molar-refractivity contribution < 1.29 is 0 Å². The van der Waals surface area contributed by atoms with Crippen LogP contribution in [0.15, 0.2) is 36.5 Å². The fraction of sp³-hybridized carbons (Fsp3) is 0.250. The Hall–Kier alpha value is -2.05. The number of anilines is 1. The van der Waals surface area contributed by atoms with Gasteiger partial charge in [0.15, 0.2) is 0 Å². The molecule has 3 nitrogen and oxygen atoms in total. The molecule has 0 saturated heterocycles. The minimum Gasteiger partial charge on any atom is -0.366 e. The number of benzene rings is 1. The third kappa shape index (κ3) is 2.48. The molecule has 1 atom stereocenters. The number of rotatable bonds is 2. The zero-order valence-electron chi connectivity index (χ0n) is 10.9. The first kappa shape index (κ1) is 13.0. The van der Waals surface area contributed by atoms with Crippen molar-refractivity contribution in [1.82, 2.24) is 4.98 Å². The number of aryl methyl sites for hydroxylation is 1. The van der Waals surface area contributed by atoms with Crippen molar-refractivity contribution in [3.63, 3.8) is 0 Å². The molecule has 1 aliphatic carbocycles. The fourth-order valence-corrected chi connectivity index (χ4v) is 2.85. The maximum Gasteiger partial charge on any atom is 0.146 e. The Bertz CT molecular complexity index is 676. The van der Waals surface area contributed by atoms with Gasteiger partial charge >= 0.3 is 0 Å². The summed E-state index contributed by atoms with van der Waals surface area (Å²) in [4.78, 5) is 4.24. The van der Waals surface area contributed by atoms with Crippen molar-refractivity contribution in [3.8, 4) is 6.07 Å². The Kier molecular flexibility index (Phi) is 3.58. The molecule has 0 bridgehead atoms. The summed E-state index contributed by atoms with van der Waals surface area (Å²) >= 11 is 6.18. The average molecular weight is 284 g/mol. The fourth-order valence-electron chi connectivity index (χ4n) is 2.65. The topological polar surface area (TPSA) is 48.7 Å². The second-order valence-electron chi connectivity index (χ2n) is 4.99. The van der Waals surface area contributed by atoms with E-state index in [4.69, 9.17) is 16.9 Å². The molecule has 20 heavy (non-hydrogen) atoms. The number of pyridine rings is 1. The number of fused-ring (bicyclic) bond motifs is 1. The van der Waals surface area contributed by atoms with Crippen LogP contribution in [0.2, 0.25) is 5.02 Å². The quantitative estimate of drug-likeness (QED) is 0.916. The Balaban J connectivity index is 1.79. The summed E-state index contributed by atoms with van der Waals surface area (Å²) in [6.45, 7) is 0. The molecule has 1 aromatic carbocycles. The molecule has 2 aromatic rings. The monoisotopic (exact) mass is 283 g/mol. The summed E-state index contributed by atoms with van der Waals surface area (Å²) in [7, 11) is 0. The summed E-state index contributed by atoms with van der Waals surface area (Å²) in [6, 6.07) is 12.5. The van der Waals surface area contributed by atoms with Gasteiger partial charge in [0, 0.05) is 12.2 Å². The summed E-state index contributed by atoms with van der Waals surface area (Å²) in [5, 5.41) is 12.8. The SMILES string of the molecule is N#Cc1ccnc(NC2CCc3ccccc3C2)c1Cl. The lowest BCUT2D eigenvalue weighted by Crippen LogP contribution is -2.27. The van der Waals surface area contributed by atoms with Gasteiger partial charge < -0.3 is 5.32 Å². The van der Waals surface area contributed by atoms with Crippen LogP contribution in [-0.4, -0.2) is 11.0 Å². The molecule has 100 valence electrons. The Morgan fingerprint density at radius 3 is 2.85 bits per heavy atom. The normalized spacial score (nSPS) is 17.1. The summed E-state index contributed by atoms with van der Waals surface area (Å²) in [5.74, 6) is 0.607. The number of hydrogen-bond acceptors (Lipinski definition) is 3. The highest BCUT2D eigenvalue weighted by Crippen LogP contribution is 2.27. The van der Waals surface area contributed by atoms with E-state index < -0.39 is 0 Å². The maximum absolute atomic E-state index is 8.99. The summed E-state index contributed by atoms with van der Waals surface area (Å²) in [5.41, 5.74) is 3.26. The van der Waals surface area contributed by atoms with Gasteiger partial charge in [-0.15, -0.1) is 0 Å². The van der Waals surface area contributed by atoms with Crippen molar-refractivity contribution >= 4 is 17.4 Å². The molecular formula is C16H14ClN3. The molecule has 0 amide bonds. The highest BCUT2D eigenvalue weighted by Gasteiger charge is 2.19. The number of nitrogens with one attached hydrogen (secondary N) is 1. The molecule has 0 aliphatic heterocycles. The van der Waals surface area contributed by atoms with Crippen molar-refractivity contribution in [2.45, 2.75) is 25.3 Å². The molecule has 0 radical (unpaired) electrons. The third-order valence-corrected chi connectivity index (χ3v) is 4.08. The van der Waals surface area contributed by atoms with Gasteiger partial charge in [-0.3, -0.25) is 0 Å². The van der Waals surface area contributed by atoms with E-state index in [0.29, 0.717) is 22.4 Å². The minimum absolute atomic E-state index is 0.309. The lowest BCUT2D eigenvalue weighted by atomic mass is 9.88. The second-order valence-corrected chi connectivity index (χ2v) is 5.36. The Labute approximate surface area is 123 Å². The Morgan fingerprint density at radius 1 is 1.25 bits per heavy atom. The number of nitriles is 1. The molecule has 0 saturated carbocycles. The minimum atomic E-state index is 0.309. The van der Waals surface area contributed by atoms with E-state index in [9.17, 15) is 0 Å². The van der Waals surface area contributed by atoms with Gasteiger partial charge in [-0.05, 0) is 36.5 Å². The first-order valence-corrected chi connectivity index (χ1v) is 7.03. The van der Waals surface area contributed by atoms with E-state index in [1.54, 1.807) is 12.3 Å². The molecule has 1 aromatic heterocycles. The van der Waals surface area contributed by atoms with Gasteiger partial charge in [0.25, 0.3) is 0 Å². The molecule has 1 heterocycles. The molecule has 0 spiro atoms. The Morgan fingerprint density at radius 2 is 2.05 bits per heavy atom. The number of aromatic nitrogens is 1. The molecule has 0 fully saturated rings. The highest BCUT2D eigenvalue weighted by molar-refractivity contribution is 6.34. The van der Waals surface area contributed by atoms with Gasteiger partial charge in [0.1, 0.15) is 16.9 Å². The zero-order valence-corrected chi connectivity index (χ0v) is 11.7. The van der Waals surface area contributed by atoms with Crippen LogP contribution in [0.4, 0.5) is 5.82 Å². The smallest absolute Gasteiger partial charge is 0.146 e. The van der Waals surface area contributed by atoms with E-state index >= 15 is 0 Å². The van der Waals surface area contributed by atoms with Gasteiger partial charge in [-0.1, -0.05) is 35.9 Å². The standard InChI is InChI=1S/C16H14ClN3/c17-15-13(10-18)7-8-19-16(15)20-14-6-5-11-3-1-2-4-12(11)9-14/h1-4,7-8,14H,5-6,9H2,(H,19,20). The van der Waals surface area contributed by atoms with Crippen LogP contribution in [-0.2, 0) is 12.8 Å². The molecule has 1 N–H and O–H groups in total. The zero-order chi connectivity index (χ0) is 13.9. The van der Waals surface area contributed by atoms with Gasteiger partial charge in [0.2, 0.25) is 0 Å². The third-order valence-electron chi connectivity index (χ3n) is 3.70. The molecule has 4 heteroatoms. The van der Waals surface area contributed by atoms with E-state index in [2.05, 4.69) is 40.6 Å². The van der Waals surface area contributed by atoms with Crippen LogP contribution >= 0.6 is 11.6 Å². The van der Waals surface area contributed by atoms with Crippen molar-refractivity contribution in [3.05, 3.63) is 58.2 Å². The first-order chi connectivity index (χ1) is 9.78.